The predicted molar refractivity (Wildman–Crippen MR) is 68.5 cm³/mol. The maximum atomic E-state index is 12.1. The van der Waals surface area contributed by atoms with Crippen molar-refractivity contribution in [2.75, 3.05) is 26.2 Å². The van der Waals surface area contributed by atoms with Gasteiger partial charge in [-0.25, -0.2) is 0 Å². The molecule has 3 aliphatic rings. The van der Waals surface area contributed by atoms with Crippen LogP contribution in [0.1, 0.15) is 25.7 Å². The Balaban J connectivity index is 1.53. The first-order chi connectivity index (χ1) is 9.24. The highest BCUT2D eigenvalue weighted by atomic mass is 16.5. The lowest BCUT2D eigenvalue weighted by atomic mass is 9.95. The summed E-state index contributed by atoms with van der Waals surface area (Å²) in [5, 5.41) is 6.07. The van der Waals surface area contributed by atoms with Crippen LogP contribution in [0.3, 0.4) is 0 Å². The van der Waals surface area contributed by atoms with Gasteiger partial charge >= 0.3 is 11.8 Å². The second-order valence-electron chi connectivity index (χ2n) is 5.59. The zero-order chi connectivity index (χ0) is 13.2. The largest absolute Gasteiger partial charge is 0.373 e. The fourth-order valence-electron chi connectivity index (χ4n) is 3.21. The number of rotatable bonds is 1. The zero-order valence-electron chi connectivity index (χ0n) is 11.1. The van der Waals surface area contributed by atoms with E-state index in [2.05, 4.69) is 10.6 Å². The van der Waals surface area contributed by atoms with Crippen LogP contribution in [0.4, 0.5) is 0 Å². The highest BCUT2D eigenvalue weighted by molar-refractivity contribution is 6.35. The van der Waals surface area contributed by atoms with Gasteiger partial charge in [0.25, 0.3) is 0 Å². The van der Waals surface area contributed by atoms with Gasteiger partial charge in [-0.3, -0.25) is 9.59 Å². The van der Waals surface area contributed by atoms with Crippen LogP contribution in [0.2, 0.25) is 0 Å². The van der Waals surface area contributed by atoms with Crippen molar-refractivity contribution in [1.82, 2.24) is 15.5 Å². The smallest absolute Gasteiger partial charge is 0.311 e. The van der Waals surface area contributed by atoms with Crippen molar-refractivity contribution in [2.45, 2.75) is 43.9 Å². The van der Waals surface area contributed by atoms with E-state index in [9.17, 15) is 9.59 Å². The van der Waals surface area contributed by atoms with Gasteiger partial charge in [-0.2, -0.15) is 0 Å². The highest BCUT2D eigenvalue weighted by Gasteiger charge is 2.42. The average molecular weight is 267 g/mol. The Morgan fingerprint density at radius 3 is 2.84 bits per heavy atom. The molecule has 3 aliphatic heterocycles. The summed E-state index contributed by atoms with van der Waals surface area (Å²) in [6.07, 6.45) is 4.24. The van der Waals surface area contributed by atoms with Crippen LogP contribution in [0.25, 0.3) is 0 Å². The van der Waals surface area contributed by atoms with Gasteiger partial charge in [0.05, 0.1) is 18.2 Å². The lowest BCUT2D eigenvalue weighted by Crippen LogP contribution is -2.49. The summed E-state index contributed by atoms with van der Waals surface area (Å²) in [7, 11) is 0. The molecule has 0 radical (unpaired) electrons. The Morgan fingerprint density at radius 1 is 1.21 bits per heavy atom. The van der Waals surface area contributed by atoms with Crippen LogP contribution in [0.15, 0.2) is 0 Å². The second kappa shape index (κ2) is 5.46. The molecule has 6 nitrogen and oxygen atoms in total. The minimum atomic E-state index is -0.469. The number of nitrogens with zero attached hydrogens (tertiary/aromatic N) is 1. The lowest BCUT2D eigenvalue weighted by molar-refractivity contribution is -0.146. The monoisotopic (exact) mass is 267 g/mol. The maximum Gasteiger partial charge on any atom is 0.311 e. The molecule has 0 spiro atoms. The van der Waals surface area contributed by atoms with E-state index in [0.717, 1.165) is 38.8 Å². The van der Waals surface area contributed by atoms with E-state index in [-0.39, 0.29) is 18.2 Å². The maximum absolute atomic E-state index is 12.1. The van der Waals surface area contributed by atoms with Crippen LogP contribution < -0.4 is 10.6 Å². The van der Waals surface area contributed by atoms with Gasteiger partial charge in [-0.15, -0.1) is 0 Å². The third kappa shape index (κ3) is 2.74. The summed E-state index contributed by atoms with van der Waals surface area (Å²) in [6, 6.07) is 0.0281. The minimum Gasteiger partial charge on any atom is -0.373 e. The van der Waals surface area contributed by atoms with E-state index in [4.69, 9.17) is 4.74 Å². The van der Waals surface area contributed by atoms with Crippen molar-refractivity contribution in [2.24, 2.45) is 0 Å². The second-order valence-corrected chi connectivity index (χ2v) is 5.59. The number of carbonyl (C=O) groups excluding carboxylic acids is 2. The summed E-state index contributed by atoms with van der Waals surface area (Å²) in [5.41, 5.74) is 0. The molecule has 3 saturated heterocycles. The van der Waals surface area contributed by atoms with Crippen molar-refractivity contribution >= 4 is 11.8 Å². The SMILES string of the molecule is O=C(NC1CC2CCC1O2)C(=O)N1CCCNCC1. The number of hydrogen-bond donors (Lipinski definition) is 2. The molecule has 2 amide bonds. The van der Waals surface area contributed by atoms with Crippen LogP contribution in [0.5, 0.6) is 0 Å². The minimum absolute atomic E-state index is 0.0281. The molecule has 0 aliphatic carbocycles. The molecule has 3 heterocycles. The van der Waals surface area contributed by atoms with E-state index < -0.39 is 11.8 Å². The lowest BCUT2D eigenvalue weighted by Gasteiger charge is -2.23. The van der Waals surface area contributed by atoms with Gasteiger partial charge in [0, 0.05) is 19.6 Å². The molecule has 2 N–H and O–H groups in total. The first-order valence-electron chi connectivity index (χ1n) is 7.20. The molecule has 0 saturated carbocycles. The Hall–Kier alpha value is -1.14. The fraction of sp³-hybridized carbons (Fsp3) is 0.846. The quantitative estimate of drug-likeness (QED) is 0.613. The Morgan fingerprint density at radius 2 is 2.11 bits per heavy atom. The number of amides is 2. The molecule has 3 atom stereocenters. The van der Waals surface area contributed by atoms with Crippen LogP contribution >= 0.6 is 0 Å². The van der Waals surface area contributed by atoms with Crippen LogP contribution in [-0.4, -0.2) is 61.1 Å². The van der Waals surface area contributed by atoms with E-state index >= 15 is 0 Å². The molecule has 0 aromatic rings. The molecule has 3 unspecified atom stereocenters. The first kappa shape index (κ1) is 12.9. The predicted octanol–water partition coefficient (Wildman–Crippen LogP) is -0.756. The van der Waals surface area contributed by atoms with Crippen molar-refractivity contribution in [3.63, 3.8) is 0 Å². The van der Waals surface area contributed by atoms with Gasteiger partial charge in [-0.1, -0.05) is 0 Å². The van der Waals surface area contributed by atoms with Gasteiger partial charge in [0.2, 0.25) is 0 Å². The molecule has 0 aromatic heterocycles. The fourth-order valence-corrected chi connectivity index (χ4v) is 3.21. The molecule has 2 bridgehead atoms. The average Bonchev–Trinajstić information content (AvgIpc) is 2.91. The van der Waals surface area contributed by atoms with E-state index in [1.165, 1.54) is 0 Å². The molecular weight excluding hydrogens is 246 g/mol. The Bertz CT molecular complexity index is 366. The third-order valence-corrected chi connectivity index (χ3v) is 4.24. The van der Waals surface area contributed by atoms with Gasteiger partial charge in [0.1, 0.15) is 0 Å². The third-order valence-electron chi connectivity index (χ3n) is 4.24. The topological polar surface area (TPSA) is 70.7 Å². The summed E-state index contributed by atoms with van der Waals surface area (Å²) in [4.78, 5) is 25.7. The molecule has 3 fully saturated rings. The molecule has 19 heavy (non-hydrogen) atoms. The van der Waals surface area contributed by atoms with Gasteiger partial charge in [0.15, 0.2) is 0 Å². The van der Waals surface area contributed by atoms with Gasteiger partial charge < -0.3 is 20.3 Å². The van der Waals surface area contributed by atoms with Crippen LogP contribution in [0, 0.1) is 0 Å². The van der Waals surface area contributed by atoms with Crippen molar-refractivity contribution in [3.05, 3.63) is 0 Å². The van der Waals surface area contributed by atoms with Crippen molar-refractivity contribution in [3.8, 4) is 0 Å². The molecule has 3 rings (SSSR count). The summed E-state index contributed by atoms with van der Waals surface area (Å²) >= 11 is 0. The molecule has 6 heteroatoms. The van der Waals surface area contributed by atoms with E-state index in [1.807, 2.05) is 0 Å². The van der Waals surface area contributed by atoms with E-state index in [1.54, 1.807) is 4.90 Å². The normalized spacial score (nSPS) is 34.1. The Kier molecular flexibility index (Phi) is 3.70. The molecular formula is C13H21N3O3. The summed E-state index contributed by atoms with van der Waals surface area (Å²) in [5.74, 6) is -0.866. The van der Waals surface area contributed by atoms with Crippen molar-refractivity contribution in [1.29, 1.82) is 0 Å². The van der Waals surface area contributed by atoms with Gasteiger partial charge in [-0.05, 0) is 32.2 Å². The molecule has 0 aromatic carbocycles. The Labute approximate surface area is 112 Å². The number of fused-ring (bicyclic) bond motifs is 2. The summed E-state index contributed by atoms with van der Waals surface area (Å²) < 4.78 is 5.68. The molecule has 106 valence electrons. The highest BCUT2D eigenvalue weighted by Crippen LogP contribution is 2.34. The van der Waals surface area contributed by atoms with E-state index in [0.29, 0.717) is 13.1 Å². The first-order valence-corrected chi connectivity index (χ1v) is 7.20. The number of nitrogens with one attached hydrogen (secondary N) is 2. The van der Waals surface area contributed by atoms with Crippen molar-refractivity contribution < 1.29 is 14.3 Å². The number of ether oxygens (including phenoxy) is 1. The summed E-state index contributed by atoms with van der Waals surface area (Å²) in [6.45, 7) is 2.94. The number of carbonyl (C=O) groups is 2. The zero-order valence-corrected chi connectivity index (χ0v) is 11.1. The van der Waals surface area contributed by atoms with Crippen LogP contribution in [-0.2, 0) is 14.3 Å². The standard InChI is InChI=1S/C13H21N3O3/c17-12(13(18)16-6-1-4-14-5-7-16)15-10-8-9-2-3-11(10)19-9/h9-11,14H,1-8H2,(H,15,17). The number of hydrogen-bond acceptors (Lipinski definition) is 4.